The van der Waals surface area contributed by atoms with Crippen molar-refractivity contribution in [2.45, 2.75) is 16.6 Å². The molecule has 1 atom stereocenters. The number of thioether (sulfide) groups is 1. The average molecular weight is 363 g/mol. The summed E-state index contributed by atoms with van der Waals surface area (Å²) in [6.07, 6.45) is -0.492. The number of imidazole rings is 1. The number of nitrogens with zero attached hydrogens (tertiary/aromatic N) is 3. The number of aromatic nitrogens is 2. The third kappa shape index (κ3) is 3.02. The summed E-state index contributed by atoms with van der Waals surface area (Å²) < 4.78 is 39.3. The van der Waals surface area contributed by atoms with Crippen LogP contribution in [0.15, 0.2) is 58.4 Å². The van der Waals surface area contributed by atoms with Gasteiger partial charge in [0.15, 0.2) is 12.1 Å². The number of guanidine groups is 1. The van der Waals surface area contributed by atoms with Crippen molar-refractivity contribution >= 4 is 34.7 Å². The molecule has 3 aromatic rings. The maximum Gasteiger partial charge on any atom is 0.446 e. The Morgan fingerprint density at radius 3 is 2.52 bits per heavy atom. The number of para-hydroxylation sites is 2. The third-order valence-corrected chi connectivity index (χ3v) is 4.49. The van der Waals surface area contributed by atoms with Crippen LogP contribution in [0.5, 0.6) is 0 Å². The van der Waals surface area contributed by atoms with Crippen molar-refractivity contribution in [2.75, 3.05) is 5.32 Å². The van der Waals surface area contributed by atoms with E-state index in [4.69, 9.17) is 5.73 Å². The highest BCUT2D eigenvalue weighted by Crippen LogP contribution is 2.38. The van der Waals surface area contributed by atoms with Crippen molar-refractivity contribution in [3.63, 3.8) is 0 Å². The summed E-state index contributed by atoms with van der Waals surface area (Å²) >= 11 is -0.146. The van der Waals surface area contributed by atoms with Crippen LogP contribution < -0.4 is 11.1 Å². The lowest BCUT2D eigenvalue weighted by molar-refractivity contribution is -0.0328. The van der Waals surface area contributed by atoms with Crippen LogP contribution in [-0.4, -0.2) is 21.0 Å². The van der Waals surface area contributed by atoms with Gasteiger partial charge >= 0.3 is 5.51 Å². The van der Waals surface area contributed by atoms with E-state index in [0.29, 0.717) is 5.95 Å². The standard InChI is InChI=1S/C16H12F3N5S/c17-16(18,19)25-10-7-5-9(6-8-10)13-22-14(20)23-15-21-11-3-1-2-4-12(11)24(13)15/h1-8,13H,(H3,20,21,22,23)/t13-/m0/s1. The zero-order valence-electron chi connectivity index (χ0n) is 12.7. The van der Waals surface area contributed by atoms with Crippen LogP contribution in [0.1, 0.15) is 11.7 Å². The molecule has 2 aromatic carbocycles. The summed E-state index contributed by atoms with van der Waals surface area (Å²) in [5, 5.41) is 2.92. The van der Waals surface area contributed by atoms with Crippen LogP contribution in [0.25, 0.3) is 11.0 Å². The van der Waals surface area contributed by atoms with Gasteiger partial charge in [-0.15, -0.1) is 0 Å². The van der Waals surface area contributed by atoms with Crippen LogP contribution in [-0.2, 0) is 0 Å². The summed E-state index contributed by atoms with van der Waals surface area (Å²) in [7, 11) is 0. The first kappa shape index (κ1) is 15.8. The molecule has 0 aliphatic carbocycles. The zero-order valence-corrected chi connectivity index (χ0v) is 13.5. The summed E-state index contributed by atoms with van der Waals surface area (Å²) in [5.41, 5.74) is 3.90. The number of hydrogen-bond donors (Lipinski definition) is 2. The van der Waals surface area contributed by atoms with Gasteiger partial charge in [-0.05, 0) is 41.6 Å². The van der Waals surface area contributed by atoms with E-state index in [0.717, 1.165) is 16.6 Å². The molecule has 0 fully saturated rings. The quantitative estimate of drug-likeness (QED) is 0.677. The van der Waals surface area contributed by atoms with Gasteiger partial charge in [0.1, 0.15) is 0 Å². The van der Waals surface area contributed by atoms with E-state index < -0.39 is 11.7 Å². The Morgan fingerprint density at radius 2 is 1.80 bits per heavy atom. The Morgan fingerprint density at radius 1 is 1.08 bits per heavy atom. The lowest BCUT2D eigenvalue weighted by Gasteiger charge is -2.24. The van der Waals surface area contributed by atoms with Crippen molar-refractivity contribution in [1.82, 2.24) is 9.55 Å². The maximum absolute atomic E-state index is 12.5. The van der Waals surface area contributed by atoms with Gasteiger partial charge in [-0.25, -0.2) is 9.98 Å². The fraction of sp³-hybridized carbons (Fsp3) is 0.125. The lowest BCUT2D eigenvalue weighted by Crippen LogP contribution is -2.31. The Bertz CT molecular complexity index is 962. The molecule has 0 amide bonds. The molecular weight excluding hydrogens is 351 g/mol. The molecule has 0 bridgehead atoms. The molecule has 0 saturated heterocycles. The molecule has 0 radical (unpaired) electrons. The molecule has 1 aliphatic heterocycles. The number of anilines is 1. The Balaban J connectivity index is 1.76. The Labute approximate surface area is 144 Å². The van der Waals surface area contributed by atoms with Gasteiger partial charge < -0.3 is 5.73 Å². The van der Waals surface area contributed by atoms with Crippen molar-refractivity contribution < 1.29 is 13.2 Å². The van der Waals surface area contributed by atoms with Gasteiger partial charge in [0.2, 0.25) is 5.95 Å². The highest BCUT2D eigenvalue weighted by Gasteiger charge is 2.30. The van der Waals surface area contributed by atoms with Crippen molar-refractivity contribution in [2.24, 2.45) is 10.7 Å². The smallest absolute Gasteiger partial charge is 0.370 e. The first-order chi connectivity index (χ1) is 11.9. The molecule has 1 aromatic heterocycles. The largest absolute Gasteiger partial charge is 0.446 e. The molecule has 3 N–H and O–H groups in total. The van der Waals surface area contributed by atoms with Crippen molar-refractivity contribution in [3.05, 3.63) is 54.1 Å². The minimum absolute atomic E-state index is 0.123. The first-order valence-corrected chi connectivity index (χ1v) is 8.15. The highest BCUT2D eigenvalue weighted by molar-refractivity contribution is 8.00. The zero-order chi connectivity index (χ0) is 17.6. The van der Waals surface area contributed by atoms with E-state index in [9.17, 15) is 13.2 Å². The van der Waals surface area contributed by atoms with Gasteiger partial charge in [-0.2, -0.15) is 13.2 Å². The van der Waals surface area contributed by atoms with Crippen LogP contribution in [0, 0.1) is 0 Å². The number of nitrogens with two attached hydrogens (primary N) is 1. The monoisotopic (exact) mass is 363 g/mol. The number of halogens is 3. The molecule has 0 saturated carbocycles. The number of alkyl halides is 3. The first-order valence-electron chi connectivity index (χ1n) is 7.34. The number of nitrogens with one attached hydrogen (secondary N) is 1. The van der Waals surface area contributed by atoms with Crippen LogP contribution in [0.3, 0.4) is 0 Å². The number of fused-ring (bicyclic) bond motifs is 3. The fourth-order valence-electron chi connectivity index (χ4n) is 2.78. The molecule has 128 valence electrons. The molecule has 25 heavy (non-hydrogen) atoms. The Kier molecular flexibility index (Phi) is 3.60. The van der Waals surface area contributed by atoms with E-state index in [2.05, 4.69) is 15.3 Å². The maximum atomic E-state index is 12.5. The van der Waals surface area contributed by atoms with E-state index in [1.165, 1.54) is 12.1 Å². The van der Waals surface area contributed by atoms with Gasteiger partial charge in [0, 0.05) is 4.90 Å². The van der Waals surface area contributed by atoms with E-state index >= 15 is 0 Å². The molecular formula is C16H12F3N5S. The van der Waals surface area contributed by atoms with Crippen LogP contribution >= 0.6 is 11.8 Å². The van der Waals surface area contributed by atoms with Gasteiger partial charge in [-0.3, -0.25) is 9.88 Å². The third-order valence-electron chi connectivity index (χ3n) is 3.75. The molecule has 1 aliphatic rings. The van der Waals surface area contributed by atoms with Crippen molar-refractivity contribution in [3.8, 4) is 0 Å². The summed E-state index contributed by atoms with van der Waals surface area (Å²) in [5.74, 6) is 0.758. The number of hydrogen-bond acceptors (Lipinski definition) is 5. The van der Waals surface area contributed by atoms with Crippen LogP contribution in [0.4, 0.5) is 19.1 Å². The second-order valence-electron chi connectivity index (χ2n) is 5.42. The Hall–Kier alpha value is -2.68. The van der Waals surface area contributed by atoms with E-state index in [-0.39, 0.29) is 22.6 Å². The fourth-order valence-corrected chi connectivity index (χ4v) is 3.32. The second-order valence-corrected chi connectivity index (χ2v) is 6.56. The summed E-state index contributed by atoms with van der Waals surface area (Å²) in [6.45, 7) is 0. The average Bonchev–Trinajstić information content (AvgIpc) is 2.91. The van der Waals surface area contributed by atoms with E-state index in [1.807, 2.05) is 28.8 Å². The molecule has 2 heterocycles. The normalized spacial score (nSPS) is 17.1. The van der Waals surface area contributed by atoms with E-state index in [1.54, 1.807) is 12.1 Å². The molecule has 4 rings (SSSR count). The topological polar surface area (TPSA) is 68.2 Å². The van der Waals surface area contributed by atoms with Gasteiger partial charge in [-0.1, -0.05) is 24.3 Å². The SMILES string of the molecule is NC1=N[C@H](c2ccc(SC(F)(F)F)cc2)n2c(nc3ccccc32)N1. The predicted octanol–water partition coefficient (Wildman–Crippen LogP) is 3.94. The highest BCUT2D eigenvalue weighted by atomic mass is 32.2. The summed E-state index contributed by atoms with van der Waals surface area (Å²) in [4.78, 5) is 9.00. The minimum Gasteiger partial charge on any atom is -0.370 e. The predicted molar refractivity (Wildman–Crippen MR) is 91.5 cm³/mol. The molecule has 5 nitrogen and oxygen atoms in total. The summed E-state index contributed by atoms with van der Waals surface area (Å²) in [6, 6.07) is 13.7. The number of aliphatic imine (C=N–C) groups is 1. The second kappa shape index (κ2) is 5.69. The number of rotatable bonds is 2. The molecule has 0 unspecified atom stereocenters. The minimum atomic E-state index is -4.31. The van der Waals surface area contributed by atoms with Crippen molar-refractivity contribution in [1.29, 1.82) is 0 Å². The van der Waals surface area contributed by atoms with Crippen LogP contribution in [0.2, 0.25) is 0 Å². The van der Waals surface area contributed by atoms with Gasteiger partial charge in [0.25, 0.3) is 0 Å². The van der Waals surface area contributed by atoms with Gasteiger partial charge in [0.05, 0.1) is 11.0 Å². The molecule has 0 spiro atoms. The molecule has 9 heteroatoms. The number of benzene rings is 2. The lowest BCUT2D eigenvalue weighted by atomic mass is 10.1.